The van der Waals surface area contributed by atoms with Crippen molar-refractivity contribution in [2.45, 2.75) is 33.3 Å². The minimum Gasteiger partial charge on any atom is -0.481 e. The maximum Gasteiger partial charge on any atom is 0.260 e. The van der Waals surface area contributed by atoms with E-state index in [0.717, 1.165) is 22.4 Å². The van der Waals surface area contributed by atoms with Gasteiger partial charge in [-0.3, -0.25) is 4.79 Å². The maximum atomic E-state index is 12.8. The first kappa shape index (κ1) is 17.0. The molecule has 0 unspecified atom stereocenters. The minimum absolute atomic E-state index is 0.159. The zero-order valence-electron chi connectivity index (χ0n) is 13.7. The molecule has 0 aliphatic carbocycles. The first-order valence-electron chi connectivity index (χ1n) is 7.72. The molecular weight excluding hydrogens is 293 g/mol. The van der Waals surface area contributed by atoms with Crippen molar-refractivity contribution in [2.24, 2.45) is 0 Å². The molecule has 1 amide bonds. The van der Waals surface area contributed by atoms with E-state index in [2.05, 4.69) is 5.32 Å². The molecule has 0 fully saturated rings. The van der Waals surface area contributed by atoms with Crippen LogP contribution in [-0.2, 0) is 11.2 Å². The number of hydrogen-bond acceptors (Lipinski definition) is 2. The third-order valence-electron chi connectivity index (χ3n) is 3.64. The predicted octanol–water partition coefficient (Wildman–Crippen LogP) is 3.57. The van der Waals surface area contributed by atoms with Crippen molar-refractivity contribution < 1.29 is 13.9 Å². The van der Waals surface area contributed by atoms with E-state index in [4.69, 9.17) is 4.74 Å². The number of rotatable bonds is 6. The maximum absolute atomic E-state index is 12.8. The zero-order chi connectivity index (χ0) is 16.8. The van der Waals surface area contributed by atoms with E-state index in [-0.39, 0.29) is 11.7 Å². The Morgan fingerprint density at radius 2 is 1.87 bits per heavy atom. The highest BCUT2D eigenvalue weighted by Crippen LogP contribution is 2.20. The first-order valence-corrected chi connectivity index (χ1v) is 7.72. The van der Waals surface area contributed by atoms with Gasteiger partial charge in [-0.2, -0.15) is 0 Å². The van der Waals surface area contributed by atoms with E-state index in [0.29, 0.717) is 13.0 Å². The normalized spacial score (nSPS) is 11.8. The van der Waals surface area contributed by atoms with Crippen LogP contribution in [0.15, 0.2) is 42.5 Å². The molecule has 2 aromatic carbocycles. The summed E-state index contributed by atoms with van der Waals surface area (Å²) in [7, 11) is 0. The third-order valence-corrected chi connectivity index (χ3v) is 3.64. The van der Waals surface area contributed by atoms with Crippen LogP contribution in [0.2, 0.25) is 0 Å². The van der Waals surface area contributed by atoms with Crippen LogP contribution in [0.4, 0.5) is 4.39 Å². The fourth-order valence-electron chi connectivity index (χ4n) is 2.20. The number of nitrogens with one attached hydrogen (secondary N) is 1. The molecule has 0 saturated heterocycles. The molecule has 0 aliphatic heterocycles. The van der Waals surface area contributed by atoms with Gasteiger partial charge in [-0.15, -0.1) is 0 Å². The number of halogens is 1. The lowest BCUT2D eigenvalue weighted by atomic mass is 10.1. The number of ether oxygens (including phenoxy) is 1. The number of benzene rings is 2. The Kier molecular flexibility index (Phi) is 5.74. The second-order valence-corrected chi connectivity index (χ2v) is 5.70. The van der Waals surface area contributed by atoms with Gasteiger partial charge in [0.05, 0.1) is 0 Å². The van der Waals surface area contributed by atoms with Crippen LogP contribution >= 0.6 is 0 Å². The predicted molar refractivity (Wildman–Crippen MR) is 89.1 cm³/mol. The molecule has 2 rings (SSSR count). The summed E-state index contributed by atoms with van der Waals surface area (Å²) in [4.78, 5) is 12.1. The average molecular weight is 315 g/mol. The fraction of sp³-hybridized carbons (Fsp3) is 0.316. The lowest BCUT2D eigenvalue weighted by Crippen LogP contribution is -2.37. The smallest absolute Gasteiger partial charge is 0.260 e. The topological polar surface area (TPSA) is 38.3 Å². The SMILES string of the molecule is Cc1ccc(C)c(O[C@H](C)C(=O)NCCc2ccc(F)cc2)c1. The van der Waals surface area contributed by atoms with Crippen LogP contribution in [0.25, 0.3) is 0 Å². The summed E-state index contributed by atoms with van der Waals surface area (Å²) in [6, 6.07) is 12.2. The van der Waals surface area contributed by atoms with Gasteiger partial charge in [-0.1, -0.05) is 24.3 Å². The van der Waals surface area contributed by atoms with Gasteiger partial charge in [0.1, 0.15) is 11.6 Å². The van der Waals surface area contributed by atoms with E-state index in [1.165, 1.54) is 12.1 Å². The summed E-state index contributed by atoms with van der Waals surface area (Å²) >= 11 is 0. The molecule has 0 bridgehead atoms. The van der Waals surface area contributed by atoms with Crippen LogP contribution in [0.3, 0.4) is 0 Å². The number of amides is 1. The van der Waals surface area contributed by atoms with Crippen molar-refractivity contribution in [3.8, 4) is 5.75 Å². The molecule has 4 heteroatoms. The highest BCUT2D eigenvalue weighted by Gasteiger charge is 2.15. The summed E-state index contributed by atoms with van der Waals surface area (Å²) in [6.07, 6.45) is 0.0890. The largest absolute Gasteiger partial charge is 0.481 e. The van der Waals surface area contributed by atoms with E-state index >= 15 is 0 Å². The Morgan fingerprint density at radius 3 is 2.57 bits per heavy atom. The molecule has 0 saturated carbocycles. The second-order valence-electron chi connectivity index (χ2n) is 5.70. The Bertz CT molecular complexity index is 668. The van der Waals surface area contributed by atoms with Crippen molar-refractivity contribution in [1.29, 1.82) is 0 Å². The summed E-state index contributed by atoms with van der Waals surface area (Å²) in [5.74, 6) is 0.313. The van der Waals surface area contributed by atoms with Gasteiger partial charge in [0.15, 0.2) is 6.10 Å². The van der Waals surface area contributed by atoms with Gasteiger partial charge < -0.3 is 10.1 Å². The van der Waals surface area contributed by atoms with E-state index in [1.807, 2.05) is 32.0 Å². The van der Waals surface area contributed by atoms with Crippen molar-refractivity contribution in [3.05, 3.63) is 65.0 Å². The van der Waals surface area contributed by atoms with Crippen LogP contribution in [0, 0.1) is 19.7 Å². The van der Waals surface area contributed by atoms with Gasteiger partial charge >= 0.3 is 0 Å². The van der Waals surface area contributed by atoms with Crippen molar-refractivity contribution >= 4 is 5.91 Å². The van der Waals surface area contributed by atoms with Crippen LogP contribution in [0.1, 0.15) is 23.6 Å². The molecule has 1 N–H and O–H groups in total. The molecule has 0 aromatic heterocycles. The molecular formula is C19H22FNO2. The van der Waals surface area contributed by atoms with Gasteiger partial charge in [0.2, 0.25) is 0 Å². The molecule has 23 heavy (non-hydrogen) atoms. The summed E-state index contributed by atoms with van der Waals surface area (Å²) in [5.41, 5.74) is 3.07. The Hall–Kier alpha value is -2.36. The van der Waals surface area contributed by atoms with E-state index in [9.17, 15) is 9.18 Å². The lowest BCUT2D eigenvalue weighted by molar-refractivity contribution is -0.127. The molecule has 0 spiro atoms. The zero-order valence-corrected chi connectivity index (χ0v) is 13.7. The van der Waals surface area contributed by atoms with Crippen LogP contribution < -0.4 is 10.1 Å². The monoisotopic (exact) mass is 315 g/mol. The highest BCUT2D eigenvalue weighted by atomic mass is 19.1. The third kappa shape index (κ3) is 5.09. The van der Waals surface area contributed by atoms with Crippen LogP contribution in [0.5, 0.6) is 5.75 Å². The Balaban J connectivity index is 1.83. The summed E-state index contributed by atoms with van der Waals surface area (Å²) in [5, 5.41) is 2.84. The molecule has 1 atom stereocenters. The fourth-order valence-corrected chi connectivity index (χ4v) is 2.20. The standard InChI is InChI=1S/C19H22FNO2/c1-13-4-5-14(2)18(12-13)23-15(3)19(22)21-11-10-16-6-8-17(20)9-7-16/h4-9,12,15H,10-11H2,1-3H3,(H,21,22)/t15-/m1/s1. The minimum atomic E-state index is -0.566. The Labute approximate surface area is 136 Å². The molecule has 0 aliphatic rings. The van der Waals surface area contributed by atoms with E-state index in [1.54, 1.807) is 19.1 Å². The van der Waals surface area contributed by atoms with Gasteiger partial charge in [0.25, 0.3) is 5.91 Å². The average Bonchev–Trinajstić information content (AvgIpc) is 2.52. The molecule has 0 heterocycles. The number of hydrogen-bond donors (Lipinski definition) is 1. The van der Waals surface area contributed by atoms with Crippen LogP contribution in [-0.4, -0.2) is 18.6 Å². The molecule has 3 nitrogen and oxygen atoms in total. The number of aryl methyl sites for hydroxylation is 2. The van der Waals surface area contributed by atoms with Gasteiger partial charge in [-0.05, 0) is 62.1 Å². The number of carbonyl (C=O) groups is 1. The van der Waals surface area contributed by atoms with Crippen molar-refractivity contribution in [1.82, 2.24) is 5.32 Å². The lowest BCUT2D eigenvalue weighted by Gasteiger charge is -2.16. The Morgan fingerprint density at radius 1 is 1.17 bits per heavy atom. The highest BCUT2D eigenvalue weighted by molar-refractivity contribution is 5.80. The molecule has 2 aromatic rings. The van der Waals surface area contributed by atoms with Gasteiger partial charge in [-0.25, -0.2) is 4.39 Å². The second kappa shape index (κ2) is 7.77. The van der Waals surface area contributed by atoms with Gasteiger partial charge in [0, 0.05) is 6.54 Å². The summed E-state index contributed by atoms with van der Waals surface area (Å²) in [6.45, 7) is 6.16. The first-order chi connectivity index (χ1) is 11.0. The molecule has 122 valence electrons. The van der Waals surface area contributed by atoms with Crippen molar-refractivity contribution in [3.63, 3.8) is 0 Å². The van der Waals surface area contributed by atoms with E-state index < -0.39 is 6.10 Å². The van der Waals surface area contributed by atoms with Crippen molar-refractivity contribution in [2.75, 3.05) is 6.54 Å². The quantitative estimate of drug-likeness (QED) is 0.885. The molecule has 0 radical (unpaired) electrons. The number of carbonyl (C=O) groups excluding carboxylic acids is 1. The summed E-state index contributed by atoms with van der Waals surface area (Å²) < 4.78 is 18.6.